The highest BCUT2D eigenvalue weighted by atomic mass is 32.2. The molecule has 1 fully saturated rings. The summed E-state index contributed by atoms with van der Waals surface area (Å²) in [5.74, 6) is 0.413. The number of nitrogens with one attached hydrogen (secondary N) is 3. The highest BCUT2D eigenvalue weighted by molar-refractivity contribution is 8.05. The van der Waals surface area contributed by atoms with Crippen LogP contribution in [0.4, 0.5) is 0 Å². The minimum absolute atomic E-state index is 0.126. The molecule has 0 aliphatic carbocycles. The van der Waals surface area contributed by atoms with Crippen LogP contribution < -0.4 is 27.6 Å². The van der Waals surface area contributed by atoms with Crippen LogP contribution in [-0.4, -0.2) is 12.1 Å². The Balaban J connectivity index is 2.10. The smallest absolute Gasteiger partial charge is 0.195 e. The van der Waals surface area contributed by atoms with Gasteiger partial charge in [0.1, 0.15) is 6.17 Å². The number of nitrogens with zero attached hydrogens (tertiary/aromatic N) is 1. The van der Waals surface area contributed by atoms with E-state index in [2.05, 4.69) is 21.2 Å². The lowest BCUT2D eigenvalue weighted by Gasteiger charge is -2.19. The summed E-state index contributed by atoms with van der Waals surface area (Å²) in [7, 11) is 0. The molecule has 0 radical (unpaired) electrons. The number of nitrogens with two attached hydrogens (primary N) is 2. The van der Waals surface area contributed by atoms with Crippen LogP contribution in [-0.2, 0) is 0 Å². The Morgan fingerprint density at radius 3 is 3.13 bits per heavy atom. The fourth-order valence-electron chi connectivity index (χ4n) is 1.67. The first-order valence-electron chi connectivity index (χ1n) is 4.44. The fourth-order valence-corrected chi connectivity index (χ4v) is 2.50. The second-order valence-corrected chi connectivity index (χ2v) is 4.23. The summed E-state index contributed by atoms with van der Waals surface area (Å²) < 4.78 is 0. The van der Waals surface area contributed by atoms with Crippen molar-refractivity contribution in [1.82, 2.24) is 16.2 Å². The number of allylic oxidation sites excluding steroid dienone is 1. The van der Waals surface area contributed by atoms with E-state index in [9.17, 15) is 0 Å². The molecule has 0 amide bonds. The Hall–Kier alpha value is -1.60. The van der Waals surface area contributed by atoms with Crippen molar-refractivity contribution in [1.29, 1.82) is 0 Å². The Morgan fingerprint density at radius 1 is 1.40 bits per heavy atom. The van der Waals surface area contributed by atoms with Crippen molar-refractivity contribution in [2.24, 2.45) is 16.5 Å². The van der Waals surface area contributed by atoms with Crippen LogP contribution in [0.3, 0.4) is 0 Å². The molecule has 6 nitrogen and oxygen atoms in total. The van der Waals surface area contributed by atoms with Crippen LogP contribution in [0, 0.1) is 0 Å². The predicted molar refractivity (Wildman–Crippen MR) is 59.8 cm³/mol. The molecule has 1 atom stereocenters. The zero-order valence-corrected chi connectivity index (χ0v) is 8.56. The zero-order valence-electron chi connectivity index (χ0n) is 7.74. The Morgan fingerprint density at radius 2 is 2.27 bits per heavy atom. The summed E-state index contributed by atoms with van der Waals surface area (Å²) in [5, 5.41) is 5.87. The van der Waals surface area contributed by atoms with Gasteiger partial charge in [0.15, 0.2) is 5.96 Å². The van der Waals surface area contributed by atoms with Gasteiger partial charge in [0, 0.05) is 16.7 Å². The van der Waals surface area contributed by atoms with Gasteiger partial charge in [0.25, 0.3) is 0 Å². The minimum atomic E-state index is -0.126. The van der Waals surface area contributed by atoms with Crippen molar-refractivity contribution >= 4 is 17.7 Å². The highest BCUT2D eigenvalue weighted by Crippen LogP contribution is 2.33. The van der Waals surface area contributed by atoms with E-state index in [1.165, 1.54) is 11.8 Å². The largest absolute Gasteiger partial charge is 0.398 e. The van der Waals surface area contributed by atoms with Crippen LogP contribution in [0.5, 0.6) is 0 Å². The Bertz CT molecular complexity index is 446. The van der Waals surface area contributed by atoms with Gasteiger partial charge in [0.2, 0.25) is 0 Å². The summed E-state index contributed by atoms with van der Waals surface area (Å²) >= 11 is 1.52. The molecule has 7 N–H and O–H groups in total. The van der Waals surface area contributed by atoms with Crippen LogP contribution in [0.2, 0.25) is 0 Å². The third-order valence-corrected chi connectivity index (χ3v) is 3.23. The molecule has 0 aromatic rings. The molecule has 0 spiro atoms. The highest BCUT2D eigenvalue weighted by Gasteiger charge is 2.32. The van der Waals surface area contributed by atoms with E-state index in [-0.39, 0.29) is 6.17 Å². The molecule has 15 heavy (non-hydrogen) atoms. The maximum absolute atomic E-state index is 5.78. The molecule has 1 saturated heterocycles. The number of guanidine groups is 1. The van der Waals surface area contributed by atoms with Gasteiger partial charge in [0.05, 0.1) is 10.7 Å². The summed E-state index contributed by atoms with van der Waals surface area (Å²) in [4.78, 5) is 4.23. The molecule has 78 valence electrons. The first-order chi connectivity index (χ1) is 7.24. The molecule has 7 heteroatoms. The molecular weight excluding hydrogens is 212 g/mol. The van der Waals surface area contributed by atoms with E-state index in [1.54, 1.807) is 0 Å². The number of rotatable bonds is 0. The first kappa shape index (κ1) is 8.69. The van der Waals surface area contributed by atoms with Crippen LogP contribution in [0.25, 0.3) is 0 Å². The molecule has 0 aromatic carbocycles. The van der Waals surface area contributed by atoms with Crippen molar-refractivity contribution in [2.45, 2.75) is 6.17 Å². The standard InChI is InChI=1S/C8H10N6S/c9-3-1-4-5-6(14-13-4)11-8(10)12-7(5)15-2-3/h1-2,6,13-14H,9H2,(H3,10,11,12). The molecule has 0 bridgehead atoms. The monoisotopic (exact) mass is 222 g/mol. The topological polar surface area (TPSA) is 100 Å². The molecule has 1 unspecified atom stereocenters. The van der Waals surface area contributed by atoms with Gasteiger partial charge >= 0.3 is 0 Å². The third kappa shape index (κ3) is 1.28. The molecule has 3 heterocycles. The van der Waals surface area contributed by atoms with Crippen molar-refractivity contribution < 1.29 is 0 Å². The van der Waals surface area contributed by atoms with Crippen molar-refractivity contribution in [2.75, 3.05) is 0 Å². The molecule has 3 aliphatic rings. The normalized spacial score (nSPS) is 28.0. The van der Waals surface area contributed by atoms with Gasteiger partial charge in [-0.2, -0.15) is 0 Å². The van der Waals surface area contributed by atoms with Crippen LogP contribution in [0.15, 0.2) is 38.5 Å². The van der Waals surface area contributed by atoms with E-state index >= 15 is 0 Å². The van der Waals surface area contributed by atoms with Crippen LogP contribution in [0.1, 0.15) is 0 Å². The van der Waals surface area contributed by atoms with E-state index in [0.29, 0.717) is 11.7 Å². The van der Waals surface area contributed by atoms with Gasteiger partial charge in [-0.25, -0.2) is 10.4 Å². The summed E-state index contributed by atoms with van der Waals surface area (Å²) in [6, 6.07) is 0. The number of hydrogen-bond acceptors (Lipinski definition) is 7. The Labute approximate surface area is 90.5 Å². The average Bonchev–Trinajstić information content (AvgIpc) is 2.49. The average molecular weight is 222 g/mol. The van der Waals surface area contributed by atoms with Crippen molar-refractivity contribution in [3.63, 3.8) is 0 Å². The molecule has 3 aliphatic heterocycles. The summed E-state index contributed by atoms with van der Waals surface area (Å²) in [6.45, 7) is 0. The number of hydrogen-bond donors (Lipinski definition) is 5. The summed E-state index contributed by atoms with van der Waals surface area (Å²) in [6.07, 6.45) is 1.75. The summed E-state index contributed by atoms with van der Waals surface area (Å²) in [5.41, 5.74) is 20.2. The SMILES string of the molecule is NC1=CSC2=C3C(=C1)NNC3N=C(N)N2. The van der Waals surface area contributed by atoms with E-state index in [0.717, 1.165) is 16.3 Å². The first-order valence-corrected chi connectivity index (χ1v) is 5.32. The Kier molecular flexibility index (Phi) is 1.70. The molecule has 3 rings (SSSR count). The lowest BCUT2D eigenvalue weighted by molar-refractivity contribution is 0.600. The van der Waals surface area contributed by atoms with Gasteiger partial charge in [-0.05, 0) is 6.08 Å². The second kappa shape index (κ2) is 2.94. The van der Waals surface area contributed by atoms with Gasteiger partial charge in [-0.1, -0.05) is 11.8 Å². The van der Waals surface area contributed by atoms with E-state index in [1.807, 2.05) is 11.5 Å². The maximum atomic E-state index is 5.78. The predicted octanol–water partition coefficient (Wildman–Crippen LogP) is -1.02. The molecule has 0 aromatic heterocycles. The third-order valence-electron chi connectivity index (χ3n) is 2.29. The minimum Gasteiger partial charge on any atom is -0.398 e. The second-order valence-electron chi connectivity index (χ2n) is 3.35. The zero-order chi connectivity index (χ0) is 10.4. The van der Waals surface area contributed by atoms with Gasteiger partial charge in [-0.3, -0.25) is 0 Å². The van der Waals surface area contributed by atoms with Gasteiger partial charge < -0.3 is 22.2 Å². The molecule has 0 saturated carbocycles. The maximum Gasteiger partial charge on any atom is 0.195 e. The van der Waals surface area contributed by atoms with Gasteiger partial charge in [-0.15, -0.1) is 0 Å². The van der Waals surface area contributed by atoms with Crippen molar-refractivity contribution in [3.05, 3.63) is 33.5 Å². The van der Waals surface area contributed by atoms with Crippen LogP contribution >= 0.6 is 11.8 Å². The van der Waals surface area contributed by atoms with E-state index < -0.39 is 0 Å². The number of aliphatic imine (C=N–C) groups is 1. The number of hydrazine groups is 1. The lowest BCUT2D eigenvalue weighted by atomic mass is 10.1. The number of thioether (sulfide) groups is 1. The van der Waals surface area contributed by atoms with Crippen molar-refractivity contribution in [3.8, 4) is 0 Å². The quantitative estimate of drug-likeness (QED) is 0.360. The fraction of sp³-hybridized carbons (Fsp3) is 0.125. The van der Waals surface area contributed by atoms with E-state index in [4.69, 9.17) is 11.5 Å². The lowest BCUT2D eigenvalue weighted by Crippen LogP contribution is -2.40. The molecular formula is C8H10N6S.